The van der Waals surface area contributed by atoms with Gasteiger partial charge in [0.25, 0.3) is 0 Å². The summed E-state index contributed by atoms with van der Waals surface area (Å²) in [4.78, 5) is 13.9. The van der Waals surface area contributed by atoms with E-state index in [4.69, 9.17) is 0 Å². The lowest BCUT2D eigenvalue weighted by Gasteiger charge is -2.41. The maximum Gasteiger partial charge on any atom is 0.311 e. The summed E-state index contributed by atoms with van der Waals surface area (Å²) in [5.41, 5.74) is 1.91. The van der Waals surface area contributed by atoms with Crippen LogP contribution in [0.1, 0.15) is 43.7 Å². The molecule has 1 fully saturated rings. The fourth-order valence-electron chi connectivity index (χ4n) is 3.30. The van der Waals surface area contributed by atoms with Gasteiger partial charge >= 0.3 is 5.97 Å². The van der Waals surface area contributed by atoms with E-state index in [-0.39, 0.29) is 0 Å². The number of hydrogen-bond donors (Lipinski definition) is 1. The van der Waals surface area contributed by atoms with Crippen molar-refractivity contribution in [2.45, 2.75) is 39.5 Å². The molecule has 1 aromatic carbocycles. The van der Waals surface area contributed by atoms with Crippen molar-refractivity contribution >= 4 is 11.7 Å². The zero-order valence-corrected chi connectivity index (χ0v) is 12.7. The number of aryl methyl sites for hydroxylation is 1. The van der Waals surface area contributed by atoms with Crippen LogP contribution < -0.4 is 4.90 Å². The number of piperidine rings is 1. The van der Waals surface area contributed by atoms with Gasteiger partial charge in [-0.2, -0.15) is 5.26 Å². The second kappa shape index (κ2) is 6.17. The molecule has 4 nitrogen and oxygen atoms in total. The first-order valence-electron chi connectivity index (χ1n) is 7.51. The number of rotatable bonds is 4. The standard InChI is InChI=1S/C17H22N2O2/c1-3-7-17(16(20)21)8-4-9-19(12-17)15-10-13(2)5-6-14(15)11-18/h5-6,10H,3-4,7-9,12H2,1-2H3,(H,20,21). The molecule has 1 aliphatic rings. The Bertz CT molecular complexity index is 573. The van der Waals surface area contributed by atoms with Crippen LogP contribution in [0.5, 0.6) is 0 Å². The first-order chi connectivity index (χ1) is 10.0. The zero-order chi connectivity index (χ0) is 15.5. The number of hydrogen-bond acceptors (Lipinski definition) is 3. The highest BCUT2D eigenvalue weighted by Crippen LogP contribution is 2.37. The summed E-state index contributed by atoms with van der Waals surface area (Å²) in [6.45, 7) is 5.33. The number of carboxylic acid groups (broad SMARTS) is 1. The van der Waals surface area contributed by atoms with Crippen molar-refractivity contribution < 1.29 is 9.90 Å². The van der Waals surface area contributed by atoms with Crippen LogP contribution in [0, 0.1) is 23.7 Å². The van der Waals surface area contributed by atoms with E-state index in [1.165, 1.54) is 0 Å². The van der Waals surface area contributed by atoms with E-state index in [0.29, 0.717) is 18.5 Å². The van der Waals surface area contributed by atoms with E-state index in [1.54, 1.807) is 0 Å². The van der Waals surface area contributed by atoms with Crippen molar-refractivity contribution in [1.82, 2.24) is 0 Å². The lowest BCUT2D eigenvalue weighted by molar-refractivity contribution is -0.150. The first kappa shape index (κ1) is 15.4. The Labute approximate surface area is 126 Å². The fourth-order valence-corrected chi connectivity index (χ4v) is 3.30. The first-order valence-corrected chi connectivity index (χ1v) is 7.51. The molecule has 1 heterocycles. The molecule has 2 rings (SSSR count). The molecule has 1 atom stereocenters. The average Bonchev–Trinajstić information content (AvgIpc) is 2.47. The smallest absolute Gasteiger partial charge is 0.311 e. The van der Waals surface area contributed by atoms with E-state index < -0.39 is 11.4 Å². The number of carbonyl (C=O) groups is 1. The van der Waals surface area contributed by atoms with Crippen molar-refractivity contribution in [2.24, 2.45) is 5.41 Å². The van der Waals surface area contributed by atoms with E-state index in [9.17, 15) is 15.2 Å². The van der Waals surface area contributed by atoms with Crippen LogP contribution in [-0.4, -0.2) is 24.2 Å². The Hall–Kier alpha value is -2.02. The predicted molar refractivity (Wildman–Crippen MR) is 82.3 cm³/mol. The quantitative estimate of drug-likeness (QED) is 0.922. The van der Waals surface area contributed by atoms with E-state index >= 15 is 0 Å². The van der Waals surface area contributed by atoms with Gasteiger partial charge in [0.1, 0.15) is 6.07 Å². The molecule has 1 N–H and O–H groups in total. The lowest BCUT2D eigenvalue weighted by Crippen LogP contribution is -2.48. The summed E-state index contributed by atoms with van der Waals surface area (Å²) in [7, 11) is 0. The number of aliphatic carboxylic acids is 1. The molecule has 0 amide bonds. The highest BCUT2D eigenvalue weighted by Gasteiger charge is 2.41. The molecule has 112 valence electrons. The molecule has 0 bridgehead atoms. The van der Waals surface area contributed by atoms with Gasteiger partial charge in [0, 0.05) is 13.1 Å². The van der Waals surface area contributed by atoms with Gasteiger partial charge in [0.15, 0.2) is 0 Å². The highest BCUT2D eigenvalue weighted by molar-refractivity contribution is 5.76. The van der Waals surface area contributed by atoms with Crippen molar-refractivity contribution in [1.29, 1.82) is 5.26 Å². The molecule has 1 aromatic rings. The van der Waals surface area contributed by atoms with Crippen LogP contribution in [0.15, 0.2) is 18.2 Å². The van der Waals surface area contributed by atoms with Crippen molar-refractivity contribution in [3.05, 3.63) is 29.3 Å². The third-order valence-corrected chi connectivity index (χ3v) is 4.37. The Balaban J connectivity index is 2.35. The van der Waals surface area contributed by atoms with Gasteiger partial charge in [-0.1, -0.05) is 19.4 Å². The number of nitrogens with zero attached hydrogens (tertiary/aromatic N) is 2. The molecule has 0 spiro atoms. The molecule has 1 unspecified atom stereocenters. The van der Waals surface area contributed by atoms with Crippen molar-refractivity contribution in [2.75, 3.05) is 18.0 Å². The van der Waals surface area contributed by atoms with Gasteiger partial charge in [-0.3, -0.25) is 4.79 Å². The predicted octanol–water partition coefficient (Wildman–Crippen LogP) is 3.34. The maximum absolute atomic E-state index is 11.8. The van der Waals surface area contributed by atoms with Crippen LogP contribution in [0.25, 0.3) is 0 Å². The van der Waals surface area contributed by atoms with Gasteiger partial charge < -0.3 is 10.0 Å². The number of anilines is 1. The molecule has 1 saturated heterocycles. The highest BCUT2D eigenvalue weighted by atomic mass is 16.4. The number of carboxylic acids is 1. The molecule has 0 saturated carbocycles. The van der Waals surface area contributed by atoms with Gasteiger partial charge in [-0.05, 0) is 43.9 Å². The second-order valence-corrected chi connectivity index (χ2v) is 5.99. The molecule has 0 aromatic heterocycles. The third-order valence-electron chi connectivity index (χ3n) is 4.37. The molecule has 1 aliphatic heterocycles. The van der Waals surface area contributed by atoms with Crippen LogP contribution in [0.4, 0.5) is 5.69 Å². The van der Waals surface area contributed by atoms with E-state index in [0.717, 1.165) is 37.1 Å². The Morgan fingerprint density at radius 2 is 2.29 bits per heavy atom. The zero-order valence-electron chi connectivity index (χ0n) is 12.7. The second-order valence-electron chi connectivity index (χ2n) is 5.99. The third kappa shape index (κ3) is 3.02. The van der Waals surface area contributed by atoms with E-state index in [1.807, 2.05) is 32.0 Å². The largest absolute Gasteiger partial charge is 0.481 e. The van der Waals surface area contributed by atoms with Crippen LogP contribution in [0.3, 0.4) is 0 Å². The van der Waals surface area contributed by atoms with Gasteiger partial charge in [-0.25, -0.2) is 0 Å². The van der Waals surface area contributed by atoms with Crippen LogP contribution in [-0.2, 0) is 4.79 Å². The van der Waals surface area contributed by atoms with Crippen LogP contribution in [0.2, 0.25) is 0 Å². The minimum atomic E-state index is -0.708. The monoisotopic (exact) mass is 286 g/mol. The average molecular weight is 286 g/mol. The summed E-state index contributed by atoms with van der Waals surface area (Å²) in [6.07, 6.45) is 3.12. The minimum Gasteiger partial charge on any atom is -0.481 e. The molecular weight excluding hydrogens is 264 g/mol. The van der Waals surface area contributed by atoms with Gasteiger partial charge in [0.05, 0.1) is 16.7 Å². The SMILES string of the molecule is CCCC1(C(=O)O)CCCN(c2cc(C)ccc2C#N)C1. The van der Waals surface area contributed by atoms with Crippen LogP contribution >= 0.6 is 0 Å². The van der Waals surface area contributed by atoms with Crippen molar-refractivity contribution in [3.8, 4) is 6.07 Å². The number of nitriles is 1. The van der Waals surface area contributed by atoms with E-state index in [2.05, 4.69) is 11.0 Å². The Morgan fingerprint density at radius 3 is 2.90 bits per heavy atom. The molecule has 0 aliphatic carbocycles. The summed E-state index contributed by atoms with van der Waals surface area (Å²) >= 11 is 0. The topological polar surface area (TPSA) is 64.3 Å². The molecule has 0 radical (unpaired) electrons. The molecular formula is C17H22N2O2. The molecule has 21 heavy (non-hydrogen) atoms. The summed E-state index contributed by atoms with van der Waals surface area (Å²) in [5.74, 6) is -0.708. The summed E-state index contributed by atoms with van der Waals surface area (Å²) < 4.78 is 0. The maximum atomic E-state index is 11.8. The summed E-state index contributed by atoms with van der Waals surface area (Å²) in [6, 6.07) is 7.95. The Kier molecular flexibility index (Phi) is 4.52. The fraction of sp³-hybridized carbons (Fsp3) is 0.529. The lowest BCUT2D eigenvalue weighted by atomic mass is 9.76. The Morgan fingerprint density at radius 1 is 1.52 bits per heavy atom. The number of benzene rings is 1. The minimum absolute atomic E-state index is 0.494. The van der Waals surface area contributed by atoms with Gasteiger partial charge in [-0.15, -0.1) is 0 Å². The molecule has 4 heteroatoms. The normalized spacial score (nSPS) is 21.9. The van der Waals surface area contributed by atoms with Crippen molar-refractivity contribution in [3.63, 3.8) is 0 Å². The van der Waals surface area contributed by atoms with Gasteiger partial charge in [0.2, 0.25) is 0 Å². The summed E-state index contributed by atoms with van der Waals surface area (Å²) in [5, 5.41) is 19.0.